The molecule has 0 bridgehead atoms. The summed E-state index contributed by atoms with van der Waals surface area (Å²) in [5.74, 6) is 1.55. The number of hydrogen-bond donors (Lipinski definition) is 1. The van der Waals surface area contributed by atoms with Crippen LogP contribution in [0.2, 0.25) is 0 Å². The summed E-state index contributed by atoms with van der Waals surface area (Å²) in [6.45, 7) is 8.81. The molecule has 1 N–H and O–H groups in total. The van der Waals surface area contributed by atoms with Crippen molar-refractivity contribution in [1.82, 2.24) is 10.2 Å². The molecule has 1 saturated heterocycles. The van der Waals surface area contributed by atoms with Crippen LogP contribution in [-0.4, -0.2) is 29.1 Å². The summed E-state index contributed by atoms with van der Waals surface area (Å²) < 4.78 is 0. The summed E-state index contributed by atoms with van der Waals surface area (Å²) in [5.41, 5.74) is 0. The molecule has 3 unspecified atom stereocenters. The molecule has 0 aromatic heterocycles. The predicted molar refractivity (Wildman–Crippen MR) is 83.3 cm³/mol. The van der Waals surface area contributed by atoms with Crippen molar-refractivity contribution in [3.8, 4) is 0 Å². The molecule has 0 spiro atoms. The molecule has 1 aliphatic heterocycles. The maximum atomic E-state index is 12.8. The van der Waals surface area contributed by atoms with E-state index in [0.717, 1.165) is 18.8 Å². The van der Waals surface area contributed by atoms with Crippen LogP contribution in [0.3, 0.4) is 0 Å². The first-order valence-electron chi connectivity index (χ1n) is 8.68. The van der Waals surface area contributed by atoms with Gasteiger partial charge in [0.2, 0.25) is 5.91 Å². The van der Waals surface area contributed by atoms with Crippen molar-refractivity contribution in [1.29, 1.82) is 0 Å². The number of rotatable bonds is 5. The Hall–Kier alpha value is -0.570. The van der Waals surface area contributed by atoms with E-state index in [4.69, 9.17) is 0 Å². The van der Waals surface area contributed by atoms with Crippen molar-refractivity contribution in [3.05, 3.63) is 0 Å². The lowest BCUT2D eigenvalue weighted by molar-refractivity contribution is -0.134. The van der Waals surface area contributed by atoms with E-state index in [2.05, 4.69) is 37.9 Å². The van der Waals surface area contributed by atoms with E-state index in [1.165, 1.54) is 32.1 Å². The summed E-state index contributed by atoms with van der Waals surface area (Å²) in [5, 5.41) is 3.57. The van der Waals surface area contributed by atoms with Crippen LogP contribution in [0.15, 0.2) is 0 Å². The Bertz CT molecular complexity index is 323. The van der Waals surface area contributed by atoms with E-state index in [1.54, 1.807) is 0 Å². The number of nitrogens with one attached hydrogen (secondary N) is 1. The summed E-state index contributed by atoms with van der Waals surface area (Å²) in [4.78, 5) is 15.0. The van der Waals surface area contributed by atoms with Gasteiger partial charge >= 0.3 is 0 Å². The van der Waals surface area contributed by atoms with Crippen LogP contribution in [0.1, 0.15) is 72.6 Å². The summed E-state index contributed by atoms with van der Waals surface area (Å²) in [7, 11) is 0. The molecule has 1 amide bonds. The van der Waals surface area contributed by atoms with E-state index in [-0.39, 0.29) is 12.2 Å². The Morgan fingerprint density at radius 2 is 1.85 bits per heavy atom. The second kappa shape index (κ2) is 6.93. The minimum absolute atomic E-state index is 0.0417. The van der Waals surface area contributed by atoms with Crippen molar-refractivity contribution >= 4 is 5.91 Å². The highest BCUT2D eigenvalue weighted by atomic mass is 16.2. The van der Waals surface area contributed by atoms with Crippen molar-refractivity contribution in [3.63, 3.8) is 0 Å². The van der Waals surface area contributed by atoms with Crippen LogP contribution in [-0.2, 0) is 4.79 Å². The molecule has 2 rings (SSSR count). The zero-order valence-electron chi connectivity index (χ0n) is 13.7. The summed E-state index contributed by atoms with van der Waals surface area (Å²) in [6.07, 6.45) is 8.93. The molecule has 1 aliphatic carbocycles. The second-order valence-corrected chi connectivity index (χ2v) is 6.94. The van der Waals surface area contributed by atoms with Gasteiger partial charge in [-0.2, -0.15) is 0 Å². The van der Waals surface area contributed by atoms with E-state index < -0.39 is 0 Å². The molecule has 0 aromatic rings. The van der Waals surface area contributed by atoms with Gasteiger partial charge in [0.25, 0.3) is 0 Å². The van der Waals surface area contributed by atoms with Crippen molar-refractivity contribution in [2.24, 2.45) is 11.8 Å². The van der Waals surface area contributed by atoms with E-state index in [0.29, 0.717) is 17.9 Å². The van der Waals surface area contributed by atoms with Gasteiger partial charge in [-0.05, 0) is 37.5 Å². The summed E-state index contributed by atoms with van der Waals surface area (Å²) >= 11 is 0. The Morgan fingerprint density at radius 3 is 2.35 bits per heavy atom. The van der Waals surface area contributed by atoms with Crippen LogP contribution < -0.4 is 5.32 Å². The number of amides is 1. The molecule has 0 radical (unpaired) electrons. The molecule has 0 aromatic carbocycles. The van der Waals surface area contributed by atoms with E-state index in [1.807, 2.05) is 0 Å². The van der Waals surface area contributed by atoms with Crippen LogP contribution >= 0.6 is 0 Å². The third-order valence-electron chi connectivity index (χ3n) is 5.23. The average molecular weight is 280 g/mol. The first-order chi connectivity index (χ1) is 9.60. The third kappa shape index (κ3) is 3.03. The Balaban J connectivity index is 2.18. The van der Waals surface area contributed by atoms with Gasteiger partial charge in [-0.3, -0.25) is 10.1 Å². The molecule has 1 saturated carbocycles. The Kier molecular flexibility index (Phi) is 5.48. The maximum Gasteiger partial charge on any atom is 0.241 e. The predicted octanol–water partition coefficient (Wildman–Crippen LogP) is 3.54. The quantitative estimate of drug-likeness (QED) is 0.835. The van der Waals surface area contributed by atoms with Gasteiger partial charge in [0.05, 0.1) is 12.2 Å². The monoisotopic (exact) mass is 280 g/mol. The fraction of sp³-hybridized carbons (Fsp3) is 0.941. The fourth-order valence-electron chi connectivity index (χ4n) is 4.13. The minimum atomic E-state index is 0.0417. The first kappa shape index (κ1) is 15.8. The molecule has 3 nitrogen and oxygen atoms in total. The highest BCUT2D eigenvalue weighted by Crippen LogP contribution is 2.34. The highest BCUT2D eigenvalue weighted by molar-refractivity contribution is 5.84. The van der Waals surface area contributed by atoms with Crippen molar-refractivity contribution < 1.29 is 4.79 Å². The maximum absolute atomic E-state index is 12.8. The van der Waals surface area contributed by atoms with Gasteiger partial charge in [-0.25, -0.2) is 0 Å². The number of carbonyl (C=O) groups is 1. The van der Waals surface area contributed by atoms with Gasteiger partial charge in [-0.1, -0.05) is 47.0 Å². The Morgan fingerprint density at radius 1 is 1.20 bits per heavy atom. The first-order valence-corrected chi connectivity index (χ1v) is 8.68. The number of hydrogen-bond acceptors (Lipinski definition) is 2. The number of carbonyl (C=O) groups excluding carboxylic acids is 1. The third-order valence-corrected chi connectivity index (χ3v) is 5.23. The standard InChI is InChI=1S/C17H32N2O/c1-5-14-17(20)19(16(18-14)12(3)4)15(6-2)13-10-8-7-9-11-13/h12-16,18H,5-11H2,1-4H3. The SMILES string of the molecule is CCC1NC(C(C)C)N(C(CC)C2CCCCC2)C1=O. The van der Waals surface area contributed by atoms with Crippen LogP contribution in [0.25, 0.3) is 0 Å². The molecule has 116 valence electrons. The molecular weight excluding hydrogens is 248 g/mol. The topological polar surface area (TPSA) is 32.3 Å². The van der Waals surface area contributed by atoms with E-state index in [9.17, 15) is 4.79 Å². The Labute approximate surface area is 124 Å². The minimum Gasteiger partial charge on any atom is -0.322 e. The van der Waals surface area contributed by atoms with Gasteiger partial charge in [0.1, 0.15) is 0 Å². The second-order valence-electron chi connectivity index (χ2n) is 6.94. The molecule has 3 heteroatoms. The lowest BCUT2D eigenvalue weighted by atomic mass is 9.81. The van der Waals surface area contributed by atoms with Gasteiger partial charge in [-0.15, -0.1) is 0 Å². The molecule has 3 atom stereocenters. The van der Waals surface area contributed by atoms with Crippen LogP contribution in [0.4, 0.5) is 0 Å². The van der Waals surface area contributed by atoms with E-state index >= 15 is 0 Å². The van der Waals surface area contributed by atoms with Crippen molar-refractivity contribution in [2.75, 3.05) is 0 Å². The fourth-order valence-corrected chi connectivity index (χ4v) is 4.13. The molecule has 1 heterocycles. The smallest absolute Gasteiger partial charge is 0.241 e. The normalized spacial score (nSPS) is 30.2. The highest BCUT2D eigenvalue weighted by Gasteiger charge is 2.44. The zero-order valence-corrected chi connectivity index (χ0v) is 13.7. The average Bonchev–Trinajstić information content (AvgIpc) is 2.79. The zero-order chi connectivity index (χ0) is 14.7. The van der Waals surface area contributed by atoms with Crippen molar-refractivity contribution in [2.45, 2.75) is 90.9 Å². The number of nitrogens with zero attached hydrogens (tertiary/aromatic N) is 1. The molecule has 2 aliphatic rings. The lowest BCUT2D eigenvalue weighted by Gasteiger charge is -2.40. The van der Waals surface area contributed by atoms with Gasteiger partial charge < -0.3 is 4.90 Å². The largest absolute Gasteiger partial charge is 0.322 e. The molecule has 2 fully saturated rings. The van der Waals surface area contributed by atoms with Crippen LogP contribution in [0, 0.1) is 11.8 Å². The lowest BCUT2D eigenvalue weighted by Crippen LogP contribution is -2.50. The van der Waals surface area contributed by atoms with Gasteiger partial charge in [0.15, 0.2) is 0 Å². The van der Waals surface area contributed by atoms with Gasteiger partial charge in [0, 0.05) is 6.04 Å². The summed E-state index contributed by atoms with van der Waals surface area (Å²) in [6, 6.07) is 0.485. The molecule has 20 heavy (non-hydrogen) atoms. The molecular formula is C17H32N2O. The van der Waals surface area contributed by atoms with Crippen LogP contribution in [0.5, 0.6) is 0 Å².